The Morgan fingerprint density at radius 2 is 1.72 bits per heavy atom. The van der Waals surface area contributed by atoms with Crippen LogP contribution in [0.1, 0.15) is 16.8 Å². The van der Waals surface area contributed by atoms with Crippen molar-refractivity contribution in [3.05, 3.63) is 94.6 Å². The highest BCUT2D eigenvalue weighted by Gasteiger charge is 2.20. The molecule has 4 heteroatoms. The highest BCUT2D eigenvalue weighted by atomic mass is 35.5. The lowest BCUT2D eigenvalue weighted by Gasteiger charge is -2.11. The van der Waals surface area contributed by atoms with Gasteiger partial charge in [-0.3, -0.25) is 0 Å². The van der Waals surface area contributed by atoms with E-state index < -0.39 is 0 Å². The van der Waals surface area contributed by atoms with Crippen molar-refractivity contribution in [3.63, 3.8) is 0 Å². The van der Waals surface area contributed by atoms with Crippen molar-refractivity contribution in [2.75, 3.05) is 5.75 Å². The van der Waals surface area contributed by atoms with E-state index in [4.69, 9.17) is 21.3 Å². The highest BCUT2D eigenvalue weighted by molar-refractivity contribution is 7.99. The molecule has 0 fully saturated rings. The molecule has 0 unspecified atom stereocenters. The quantitative estimate of drug-likeness (QED) is 0.344. The number of halogens is 1. The fraction of sp³-hybridized carbons (Fsp3) is 0.0800. The third-order valence-corrected chi connectivity index (χ3v) is 6.45. The molecule has 1 aliphatic heterocycles. The summed E-state index contributed by atoms with van der Waals surface area (Å²) in [6.07, 6.45) is 5.15. The second-order valence-electron chi connectivity index (χ2n) is 6.85. The number of aromatic nitrogens is 1. The number of hydrogen-bond donors (Lipinski definition) is 0. The number of benzene rings is 3. The van der Waals surface area contributed by atoms with Crippen molar-refractivity contribution < 1.29 is 4.74 Å². The van der Waals surface area contributed by atoms with E-state index in [1.165, 1.54) is 10.5 Å². The van der Waals surface area contributed by atoms with Gasteiger partial charge in [0.15, 0.2) is 0 Å². The third kappa shape index (κ3) is 3.76. The minimum atomic E-state index is 0.748. The summed E-state index contributed by atoms with van der Waals surface area (Å²) in [5.74, 6) is 2.75. The Hall–Kier alpha value is -2.75. The van der Waals surface area contributed by atoms with Crippen LogP contribution in [0.4, 0.5) is 0 Å². The van der Waals surface area contributed by atoms with Crippen LogP contribution in [-0.4, -0.2) is 10.7 Å². The smallest absolute Gasteiger partial charge is 0.128 e. The van der Waals surface area contributed by atoms with Gasteiger partial charge in [0.1, 0.15) is 11.5 Å². The number of hydrogen-bond acceptors (Lipinski definition) is 3. The predicted molar refractivity (Wildman–Crippen MR) is 123 cm³/mol. The lowest BCUT2D eigenvalue weighted by molar-refractivity contribution is 0.483. The Kier molecular flexibility index (Phi) is 5.01. The van der Waals surface area contributed by atoms with Gasteiger partial charge in [-0.2, -0.15) is 0 Å². The first-order valence-electron chi connectivity index (χ1n) is 9.53. The number of nitrogens with zero attached hydrogens (tertiary/aromatic N) is 1. The first-order chi connectivity index (χ1) is 14.3. The standard InChI is InChI=1S/C25H18ClNOS/c26-22-9-5-4-6-17(22)10-12-23-20-14-15-29-25(20)21-16-19(11-13-24(21)27-23)28-18-7-2-1-3-8-18/h1-13,16H,14-15H2/b12-10+. The van der Waals surface area contributed by atoms with E-state index in [0.29, 0.717) is 0 Å². The van der Waals surface area contributed by atoms with E-state index in [2.05, 4.69) is 12.1 Å². The van der Waals surface area contributed by atoms with Gasteiger partial charge in [-0.1, -0.05) is 54.1 Å². The van der Waals surface area contributed by atoms with Crippen LogP contribution < -0.4 is 4.74 Å². The summed E-state index contributed by atoms with van der Waals surface area (Å²) in [4.78, 5) is 6.25. The summed E-state index contributed by atoms with van der Waals surface area (Å²) in [5.41, 5.74) is 4.32. The van der Waals surface area contributed by atoms with Gasteiger partial charge in [-0.15, -0.1) is 11.8 Å². The summed E-state index contributed by atoms with van der Waals surface area (Å²) in [7, 11) is 0. The number of rotatable bonds is 4. The van der Waals surface area contributed by atoms with Crippen LogP contribution in [0.25, 0.3) is 23.1 Å². The van der Waals surface area contributed by atoms with Crippen LogP contribution in [0.15, 0.2) is 77.7 Å². The van der Waals surface area contributed by atoms with Crippen molar-refractivity contribution in [2.24, 2.45) is 0 Å². The second-order valence-corrected chi connectivity index (χ2v) is 8.36. The number of thioether (sulfide) groups is 1. The lowest BCUT2D eigenvalue weighted by atomic mass is 10.1. The minimum Gasteiger partial charge on any atom is -0.457 e. The molecule has 5 rings (SSSR count). The van der Waals surface area contributed by atoms with E-state index >= 15 is 0 Å². The van der Waals surface area contributed by atoms with Crippen molar-refractivity contribution in [1.82, 2.24) is 4.98 Å². The Balaban J connectivity index is 1.54. The Labute approximate surface area is 179 Å². The van der Waals surface area contributed by atoms with Gasteiger partial charge in [0.05, 0.1) is 11.2 Å². The lowest BCUT2D eigenvalue weighted by Crippen LogP contribution is -1.94. The van der Waals surface area contributed by atoms with Crippen molar-refractivity contribution in [1.29, 1.82) is 0 Å². The summed E-state index contributed by atoms with van der Waals surface area (Å²) < 4.78 is 6.03. The minimum absolute atomic E-state index is 0.748. The molecule has 0 atom stereocenters. The molecule has 0 aliphatic carbocycles. The van der Waals surface area contributed by atoms with Crippen LogP contribution >= 0.6 is 23.4 Å². The van der Waals surface area contributed by atoms with E-state index in [-0.39, 0.29) is 0 Å². The monoisotopic (exact) mass is 415 g/mol. The molecule has 29 heavy (non-hydrogen) atoms. The van der Waals surface area contributed by atoms with Gasteiger partial charge in [-0.25, -0.2) is 4.98 Å². The van der Waals surface area contributed by atoms with E-state index in [1.807, 2.05) is 84.6 Å². The molecule has 142 valence electrons. The summed E-state index contributed by atoms with van der Waals surface area (Å²) in [6.45, 7) is 0. The molecule has 0 radical (unpaired) electrons. The molecular weight excluding hydrogens is 398 g/mol. The molecule has 3 aromatic carbocycles. The molecule has 2 heterocycles. The van der Waals surface area contributed by atoms with Crippen molar-refractivity contribution in [2.45, 2.75) is 11.3 Å². The van der Waals surface area contributed by atoms with Crippen molar-refractivity contribution in [3.8, 4) is 11.5 Å². The number of pyridine rings is 1. The average Bonchev–Trinajstić information content (AvgIpc) is 3.24. The van der Waals surface area contributed by atoms with Crippen LogP contribution in [0.2, 0.25) is 5.02 Å². The van der Waals surface area contributed by atoms with E-state index in [1.54, 1.807) is 0 Å². The van der Waals surface area contributed by atoms with Gasteiger partial charge in [-0.05, 0) is 60.0 Å². The number of ether oxygens (including phenoxy) is 1. The molecule has 0 amide bonds. The van der Waals surface area contributed by atoms with Gasteiger partial charge in [0, 0.05) is 21.1 Å². The zero-order valence-electron chi connectivity index (χ0n) is 15.6. The molecule has 0 bridgehead atoms. The maximum Gasteiger partial charge on any atom is 0.128 e. The maximum absolute atomic E-state index is 6.30. The van der Waals surface area contributed by atoms with Gasteiger partial charge in [0.25, 0.3) is 0 Å². The molecular formula is C25H18ClNOS. The van der Waals surface area contributed by atoms with Crippen LogP contribution in [-0.2, 0) is 6.42 Å². The zero-order chi connectivity index (χ0) is 19.6. The summed E-state index contributed by atoms with van der Waals surface area (Å²) in [6, 6.07) is 23.8. The Morgan fingerprint density at radius 1 is 0.897 bits per heavy atom. The van der Waals surface area contributed by atoms with Gasteiger partial charge < -0.3 is 4.74 Å². The molecule has 0 saturated carbocycles. The summed E-state index contributed by atoms with van der Waals surface area (Å²) in [5, 5.41) is 1.91. The molecule has 4 aromatic rings. The first-order valence-corrected chi connectivity index (χ1v) is 10.9. The maximum atomic E-state index is 6.30. The number of para-hydroxylation sites is 1. The predicted octanol–water partition coefficient (Wildman–Crippen LogP) is 7.50. The molecule has 0 spiro atoms. The van der Waals surface area contributed by atoms with Crippen molar-refractivity contribution >= 4 is 46.4 Å². The van der Waals surface area contributed by atoms with Crippen LogP contribution in [0, 0.1) is 0 Å². The summed E-state index contributed by atoms with van der Waals surface area (Å²) >= 11 is 8.19. The zero-order valence-corrected chi connectivity index (χ0v) is 17.2. The van der Waals surface area contributed by atoms with Crippen LogP contribution in [0.5, 0.6) is 11.5 Å². The fourth-order valence-electron chi connectivity index (χ4n) is 3.54. The normalized spacial score (nSPS) is 13.1. The first kappa shape index (κ1) is 18.3. The molecule has 1 aliphatic rings. The third-order valence-electron chi connectivity index (χ3n) is 4.94. The van der Waals surface area contributed by atoms with E-state index in [0.717, 1.165) is 50.9 Å². The van der Waals surface area contributed by atoms with Gasteiger partial charge >= 0.3 is 0 Å². The highest BCUT2D eigenvalue weighted by Crippen LogP contribution is 2.40. The Bertz CT molecular complexity index is 1220. The second kappa shape index (κ2) is 7.94. The molecule has 0 saturated heterocycles. The SMILES string of the molecule is Clc1ccccc1/C=C/c1nc2ccc(Oc3ccccc3)cc2c2c1CCS2. The van der Waals surface area contributed by atoms with Crippen LogP contribution in [0.3, 0.4) is 0 Å². The molecule has 0 N–H and O–H groups in total. The number of fused-ring (bicyclic) bond motifs is 3. The molecule has 2 nitrogen and oxygen atoms in total. The topological polar surface area (TPSA) is 22.1 Å². The average molecular weight is 416 g/mol. The van der Waals surface area contributed by atoms with Gasteiger partial charge in [0.2, 0.25) is 0 Å². The van der Waals surface area contributed by atoms with E-state index in [9.17, 15) is 0 Å². The largest absolute Gasteiger partial charge is 0.457 e. The Morgan fingerprint density at radius 3 is 2.59 bits per heavy atom. The molecule has 1 aromatic heterocycles. The fourth-order valence-corrected chi connectivity index (χ4v) is 4.95.